The number of carboxylic acid groups (broad SMARTS) is 1. The third-order valence-corrected chi connectivity index (χ3v) is 2.53. The van der Waals surface area contributed by atoms with Gasteiger partial charge in [0.25, 0.3) is 0 Å². The van der Waals surface area contributed by atoms with E-state index < -0.39 is 5.97 Å². The minimum absolute atomic E-state index is 0.302. The van der Waals surface area contributed by atoms with Crippen molar-refractivity contribution < 1.29 is 9.90 Å². The van der Waals surface area contributed by atoms with Crippen LogP contribution in [-0.4, -0.2) is 25.8 Å². The Labute approximate surface area is 82.9 Å². The van der Waals surface area contributed by atoms with Gasteiger partial charge in [0, 0.05) is 13.0 Å². The highest BCUT2D eigenvalue weighted by molar-refractivity contribution is 9.10. The van der Waals surface area contributed by atoms with Crippen LogP contribution in [0.3, 0.4) is 0 Å². The topological polar surface area (TPSA) is 68.0 Å². The summed E-state index contributed by atoms with van der Waals surface area (Å²) in [5.41, 5.74) is 0. The van der Waals surface area contributed by atoms with Crippen LogP contribution in [0.4, 0.5) is 0 Å². The van der Waals surface area contributed by atoms with Crippen molar-refractivity contribution >= 4 is 21.9 Å². The average Bonchev–Trinajstić information content (AvgIpc) is 2.42. The number of aryl methyl sites for hydroxylation is 1. The summed E-state index contributed by atoms with van der Waals surface area (Å²) in [5, 5.41) is 12.9. The molecule has 0 bridgehead atoms. The summed E-state index contributed by atoms with van der Waals surface area (Å²) in [6.07, 6.45) is 1.12. The highest BCUT2D eigenvalue weighted by Gasteiger charge is 2.26. The molecule has 0 spiro atoms. The summed E-state index contributed by atoms with van der Waals surface area (Å²) >= 11 is 3.16. The van der Waals surface area contributed by atoms with Crippen LogP contribution in [0, 0.1) is 5.92 Å². The van der Waals surface area contributed by atoms with E-state index in [1.807, 2.05) is 0 Å². The zero-order chi connectivity index (χ0) is 9.42. The smallest absolute Gasteiger partial charge is 0.307 e. The number of carboxylic acids is 1. The summed E-state index contributed by atoms with van der Waals surface area (Å²) < 4.78 is 2.29. The zero-order valence-electron chi connectivity index (χ0n) is 6.77. The molecule has 6 heteroatoms. The predicted molar refractivity (Wildman–Crippen MR) is 47.2 cm³/mol. The van der Waals surface area contributed by atoms with Crippen LogP contribution in [0.25, 0.3) is 0 Å². The Hall–Kier alpha value is -0.910. The average molecular weight is 246 g/mol. The Morgan fingerprint density at radius 1 is 1.69 bits per heavy atom. The molecule has 1 aromatic rings. The number of nitrogens with zero attached hydrogens (tertiary/aromatic N) is 3. The number of hydrogen-bond acceptors (Lipinski definition) is 3. The van der Waals surface area contributed by atoms with Crippen LogP contribution in [0.15, 0.2) is 4.73 Å². The molecule has 1 atom stereocenters. The van der Waals surface area contributed by atoms with Gasteiger partial charge >= 0.3 is 5.97 Å². The number of hydrogen-bond donors (Lipinski definition) is 1. The van der Waals surface area contributed by atoms with E-state index in [9.17, 15) is 4.79 Å². The molecule has 0 aromatic carbocycles. The fourth-order valence-corrected chi connectivity index (χ4v) is 1.88. The van der Waals surface area contributed by atoms with Crippen LogP contribution in [-0.2, 0) is 17.8 Å². The largest absolute Gasteiger partial charge is 0.481 e. The molecule has 0 amide bonds. The first-order valence-corrected chi connectivity index (χ1v) is 4.78. The van der Waals surface area contributed by atoms with Gasteiger partial charge in [0.1, 0.15) is 5.82 Å². The maximum Gasteiger partial charge on any atom is 0.307 e. The molecule has 2 rings (SSSR count). The molecular weight excluding hydrogens is 238 g/mol. The minimum atomic E-state index is -0.745. The molecular formula is C7H8BrN3O2. The molecule has 1 aliphatic heterocycles. The van der Waals surface area contributed by atoms with E-state index in [-0.39, 0.29) is 5.92 Å². The lowest BCUT2D eigenvalue weighted by Gasteiger charge is -2.17. The highest BCUT2D eigenvalue weighted by atomic mass is 79.9. The molecule has 0 radical (unpaired) electrons. The Morgan fingerprint density at radius 3 is 3.15 bits per heavy atom. The van der Waals surface area contributed by atoms with Crippen molar-refractivity contribution in [2.45, 2.75) is 19.4 Å². The number of aliphatic carboxylic acids is 1. The first kappa shape index (κ1) is 8.68. The Kier molecular flexibility index (Phi) is 2.07. The third-order valence-electron chi connectivity index (χ3n) is 2.19. The summed E-state index contributed by atoms with van der Waals surface area (Å²) in [5.74, 6) is -0.292. The van der Waals surface area contributed by atoms with Gasteiger partial charge in [-0.05, 0) is 22.4 Å². The quantitative estimate of drug-likeness (QED) is 0.791. The molecule has 70 valence electrons. The van der Waals surface area contributed by atoms with Gasteiger partial charge in [-0.2, -0.15) is 0 Å². The monoisotopic (exact) mass is 245 g/mol. The van der Waals surface area contributed by atoms with Gasteiger partial charge in [0.2, 0.25) is 4.73 Å². The van der Waals surface area contributed by atoms with E-state index in [0.29, 0.717) is 24.1 Å². The maximum absolute atomic E-state index is 10.7. The van der Waals surface area contributed by atoms with Crippen LogP contribution in [0.1, 0.15) is 12.2 Å². The molecule has 1 aliphatic rings. The van der Waals surface area contributed by atoms with Gasteiger partial charge in [-0.3, -0.25) is 4.79 Å². The Morgan fingerprint density at radius 2 is 2.46 bits per heavy atom. The summed E-state index contributed by atoms with van der Waals surface area (Å²) in [4.78, 5) is 14.8. The standard InChI is InChI=1S/C7H8BrN3O2/c8-7-9-5-3-4(6(12)13)1-2-11(5)10-7/h4H,1-3H2,(H,12,13). The fraction of sp³-hybridized carbons (Fsp3) is 0.571. The van der Waals surface area contributed by atoms with Gasteiger partial charge < -0.3 is 5.11 Å². The SMILES string of the molecule is O=C(O)C1CCn2nc(Br)nc2C1. The maximum atomic E-state index is 10.7. The second-order valence-corrected chi connectivity index (χ2v) is 3.76. The molecule has 1 unspecified atom stereocenters. The summed E-state index contributed by atoms with van der Waals surface area (Å²) in [6, 6.07) is 0. The molecule has 0 aliphatic carbocycles. The lowest BCUT2D eigenvalue weighted by molar-refractivity contribution is -0.142. The molecule has 1 N–H and O–H groups in total. The predicted octanol–water partition coefficient (Wildman–Crippen LogP) is 0.688. The van der Waals surface area contributed by atoms with Crippen molar-refractivity contribution in [3.8, 4) is 0 Å². The molecule has 0 fully saturated rings. The van der Waals surface area contributed by atoms with Crippen molar-refractivity contribution in [1.29, 1.82) is 0 Å². The number of rotatable bonds is 1. The molecule has 0 saturated carbocycles. The number of carbonyl (C=O) groups is 1. The minimum Gasteiger partial charge on any atom is -0.481 e. The van der Waals surface area contributed by atoms with Gasteiger partial charge in [-0.15, -0.1) is 5.10 Å². The first-order valence-electron chi connectivity index (χ1n) is 3.99. The molecule has 5 nitrogen and oxygen atoms in total. The van der Waals surface area contributed by atoms with E-state index >= 15 is 0 Å². The molecule has 1 aromatic heterocycles. The second-order valence-electron chi connectivity index (χ2n) is 3.05. The second kappa shape index (κ2) is 3.10. The van der Waals surface area contributed by atoms with E-state index in [0.717, 1.165) is 5.82 Å². The van der Waals surface area contributed by atoms with E-state index in [2.05, 4.69) is 26.0 Å². The van der Waals surface area contributed by atoms with Crippen molar-refractivity contribution in [3.05, 3.63) is 10.6 Å². The number of aromatic nitrogens is 3. The molecule has 2 heterocycles. The van der Waals surface area contributed by atoms with Crippen LogP contribution >= 0.6 is 15.9 Å². The zero-order valence-corrected chi connectivity index (χ0v) is 8.36. The van der Waals surface area contributed by atoms with Gasteiger partial charge in [-0.25, -0.2) is 9.67 Å². The van der Waals surface area contributed by atoms with E-state index in [4.69, 9.17) is 5.11 Å². The normalized spacial score (nSPS) is 21.2. The Balaban J connectivity index is 2.24. The van der Waals surface area contributed by atoms with Gasteiger partial charge in [0.05, 0.1) is 5.92 Å². The fourth-order valence-electron chi connectivity index (χ4n) is 1.49. The van der Waals surface area contributed by atoms with Crippen molar-refractivity contribution in [2.75, 3.05) is 0 Å². The summed E-state index contributed by atoms with van der Waals surface area (Å²) in [7, 11) is 0. The van der Waals surface area contributed by atoms with Crippen LogP contribution in [0.2, 0.25) is 0 Å². The van der Waals surface area contributed by atoms with Gasteiger partial charge in [-0.1, -0.05) is 0 Å². The van der Waals surface area contributed by atoms with Crippen molar-refractivity contribution in [2.24, 2.45) is 5.92 Å². The van der Waals surface area contributed by atoms with E-state index in [1.165, 1.54) is 0 Å². The first-order chi connectivity index (χ1) is 6.16. The van der Waals surface area contributed by atoms with Crippen LogP contribution in [0.5, 0.6) is 0 Å². The number of fused-ring (bicyclic) bond motifs is 1. The lowest BCUT2D eigenvalue weighted by Crippen LogP contribution is -2.26. The van der Waals surface area contributed by atoms with E-state index in [1.54, 1.807) is 4.68 Å². The number of halogens is 1. The van der Waals surface area contributed by atoms with Crippen LogP contribution < -0.4 is 0 Å². The molecule has 13 heavy (non-hydrogen) atoms. The van der Waals surface area contributed by atoms with Crippen molar-refractivity contribution in [1.82, 2.24) is 14.8 Å². The highest BCUT2D eigenvalue weighted by Crippen LogP contribution is 2.20. The lowest BCUT2D eigenvalue weighted by atomic mass is 9.99. The van der Waals surface area contributed by atoms with Gasteiger partial charge in [0.15, 0.2) is 0 Å². The van der Waals surface area contributed by atoms with Crippen molar-refractivity contribution in [3.63, 3.8) is 0 Å². The Bertz CT molecular complexity index is 350. The third kappa shape index (κ3) is 1.58. The summed E-state index contributed by atoms with van der Waals surface area (Å²) in [6.45, 7) is 0.644. The molecule has 0 saturated heterocycles.